The maximum Gasteiger partial charge on any atom is 0.402 e. The first-order valence-corrected chi connectivity index (χ1v) is 7.85. The maximum absolute atomic E-state index is 11.3. The zero-order chi connectivity index (χ0) is 17.4. The number of hydrogen-bond donors (Lipinski definition) is 2. The number of primary amides is 1. The third kappa shape index (κ3) is 5.15. The molecule has 0 saturated heterocycles. The van der Waals surface area contributed by atoms with Crippen molar-refractivity contribution in [2.75, 3.05) is 0 Å². The van der Waals surface area contributed by atoms with Crippen LogP contribution in [0.2, 0.25) is 0 Å². The normalized spacial score (nSPS) is 15.3. The zero-order valence-electron chi connectivity index (χ0n) is 13.3. The van der Waals surface area contributed by atoms with Crippen molar-refractivity contribution < 1.29 is 14.7 Å². The SMILES string of the molecule is NC(=O)O.O=CC(c1nnn(Cc2ccccc2)n1)C1CCCC1. The lowest BCUT2D eigenvalue weighted by molar-refractivity contribution is -0.110. The van der Waals surface area contributed by atoms with Crippen LogP contribution in [0.5, 0.6) is 0 Å². The minimum absolute atomic E-state index is 0.193. The molecule has 1 unspecified atom stereocenters. The summed E-state index contributed by atoms with van der Waals surface area (Å²) in [5.74, 6) is 0.770. The van der Waals surface area contributed by atoms with Gasteiger partial charge in [-0.25, -0.2) is 4.79 Å². The molecule has 3 rings (SSSR count). The summed E-state index contributed by atoms with van der Waals surface area (Å²) in [4.78, 5) is 21.7. The number of amides is 1. The molecule has 8 heteroatoms. The fourth-order valence-electron chi connectivity index (χ4n) is 2.90. The van der Waals surface area contributed by atoms with Crippen molar-refractivity contribution in [1.29, 1.82) is 0 Å². The van der Waals surface area contributed by atoms with E-state index in [-0.39, 0.29) is 5.92 Å². The van der Waals surface area contributed by atoms with Crippen molar-refractivity contribution in [3.05, 3.63) is 41.7 Å². The van der Waals surface area contributed by atoms with Crippen LogP contribution in [0.15, 0.2) is 30.3 Å². The number of carbonyl (C=O) groups excluding carboxylic acids is 1. The van der Waals surface area contributed by atoms with E-state index in [0.29, 0.717) is 18.3 Å². The highest BCUT2D eigenvalue weighted by molar-refractivity contribution is 5.61. The molecule has 3 N–H and O–H groups in total. The van der Waals surface area contributed by atoms with Crippen LogP contribution in [0.4, 0.5) is 4.79 Å². The Bertz CT molecular complexity index is 649. The molecule has 0 bridgehead atoms. The van der Waals surface area contributed by atoms with Crippen molar-refractivity contribution in [3.8, 4) is 0 Å². The lowest BCUT2D eigenvalue weighted by Crippen LogP contribution is -2.13. The number of hydrogen-bond acceptors (Lipinski definition) is 5. The monoisotopic (exact) mass is 331 g/mol. The van der Waals surface area contributed by atoms with E-state index in [2.05, 4.69) is 21.1 Å². The van der Waals surface area contributed by atoms with Crippen molar-refractivity contribution in [2.24, 2.45) is 11.7 Å². The molecular formula is C16H21N5O3. The van der Waals surface area contributed by atoms with E-state index in [9.17, 15) is 4.79 Å². The predicted molar refractivity (Wildman–Crippen MR) is 86.3 cm³/mol. The van der Waals surface area contributed by atoms with Crippen molar-refractivity contribution >= 4 is 12.4 Å². The van der Waals surface area contributed by atoms with Gasteiger partial charge >= 0.3 is 6.09 Å². The number of tetrazole rings is 1. The first-order chi connectivity index (χ1) is 11.6. The molecule has 0 aliphatic heterocycles. The minimum Gasteiger partial charge on any atom is -0.465 e. The van der Waals surface area contributed by atoms with E-state index in [1.807, 2.05) is 30.3 Å². The van der Waals surface area contributed by atoms with Crippen LogP contribution < -0.4 is 5.73 Å². The van der Waals surface area contributed by atoms with Crippen LogP contribution in [-0.2, 0) is 11.3 Å². The molecular weight excluding hydrogens is 310 g/mol. The molecule has 1 aromatic carbocycles. The second-order valence-corrected chi connectivity index (χ2v) is 5.71. The fourth-order valence-corrected chi connectivity index (χ4v) is 2.90. The molecule has 128 valence electrons. The van der Waals surface area contributed by atoms with Gasteiger partial charge in [-0.3, -0.25) is 0 Å². The summed E-state index contributed by atoms with van der Waals surface area (Å²) < 4.78 is 0. The summed E-state index contributed by atoms with van der Waals surface area (Å²) in [5.41, 5.74) is 5.15. The second-order valence-electron chi connectivity index (χ2n) is 5.71. The Hall–Kier alpha value is -2.77. The molecule has 8 nitrogen and oxygen atoms in total. The Morgan fingerprint density at radius 3 is 2.54 bits per heavy atom. The molecule has 1 aliphatic carbocycles. The molecule has 1 saturated carbocycles. The lowest BCUT2D eigenvalue weighted by atomic mass is 9.92. The smallest absolute Gasteiger partial charge is 0.402 e. The number of nitrogens with two attached hydrogens (primary N) is 1. The van der Waals surface area contributed by atoms with Gasteiger partial charge in [-0.1, -0.05) is 43.2 Å². The van der Waals surface area contributed by atoms with Gasteiger partial charge in [-0.05, 0) is 29.5 Å². The zero-order valence-corrected chi connectivity index (χ0v) is 13.3. The van der Waals surface area contributed by atoms with Crippen LogP contribution in [0.3, 0.4) is 0 Å². The number of aromatic nitrogens is 4. The molecule has 1 amide bonds. The summed E-state index contributed by atoms with van der Waals surface area (Å²) in [6, 6.07) is 10.0. The van der Waals surface area contributed by atoms with Gasteiger partial charge in [0.15, 0.2) is 5.82 Å². The number of rotatable bonds is 5. The second kappa shape index (κ2) is 8.76. The summed E-state index contributed by atoms with van der Waals surface area (Å²) in [6.07, 6.45) is 4.24. The molecule has 0 radical (unpaired) electrons. The molecule has 1 aliphatic rings. The van der Waals surface area contributed by atoms with E-state index in [1.165, 1.54) is 12.8 Å². The van der Waals surface area contributed by atoms with Crippen molar-refractivity contribution in [3.63, 3.8) is 0 Å². The molecule has 1 aromatic heterocycles. The molecule has 1 heterocycles. The van der Waals surface area contributed by atoms with Crippen LogP contribution in [0.25, 0.3) is 0 Å². The Labute approximate surface area is 139 Å². The molecule has 1 fully saturated rings. The lowest BCUT2D eigenvalue weighted by Gasteiger charge is -2.12. The van der Waals surface area contributed by atoms with Crippen LogP contribution in [0.1, 0.15) is 43.0 Å². The summed E-state index contributed by atoms with van der Waals surface area (Å²) in [6.45, 7) is 0.587. The first-order valence-electron chi connectivity index (χ1n) is 7.85. The van der Waals surface area contributed by atoms with Crippen LogP contribution in [-0.4, -0.2) is 37.7 Å². The van der Waals surface area contributed by atoms with Gasteiger partial charge in [0.05, 0.1) is 12.5 Å². The van der Waals surface area contributed by atoms with E-state index < -0.39 is 6.09 Å². The van der Waals surface area contributed by atoms with Gasteiger partial charge < -0.3 is 15.6 Å². The molecule has 1 atom stereocenters. The molecule has 24 heavy (non-hydrogen) atoms. The van der Waals surface area contributed by atoms with Gasteiger partial charge in [0.1, 0.15) is 6.29 Å². The van der Waals surface area contributed by atoms with Gasteiger partial charge in [-0.15, -0.1) is 10.2 Å². The van der Waals surface area contributed by atoms with E-state index >= 15 is 0 Å². The fraction of sp³-hybridized carbons (Fsp3) is 0.438. The highest BCUT2D eigenvalue weighted by Crippen LogP contribution is 2.34. The summed E-state index contributed by atoms with van der Waals surface area (Å²) in [7, 11) is 0. The Morgan fingerprint density at radius 2 is 1.96 bits per heavy atom. The molecule has 2 aromatic rings. The number of carboxylic acid groups (broad SMARTS) is 1. The maximum atomic E-state index is 11.3. The Morgan fingerprint density at radius 1 is 1.33 bits per heavy atom. The first kappa shape index (κ1) is 17.6. The number of aldehydes is 1. The quantitative estimate of drug-likeness (QED) is 0.805. The Balaban J connectivity index is 0.000000471. The van der Waals surface area contributed by atoms with Crippen LogP contribution in [0, 0.1) is 5.92 Å². The van der Waals surface area contributed by atoms with Crippen molar-refractivity contribution in [1.82, 2.24) is 20.2 Å². The average Bonchev–Trinajstić information content (AvgIpc) is 3.21. The van der Waals surface area contributed by atoms with Crippen LogP contribution >= 0.6 is 0 Å². The third-order valence-corrected chi connectivity index (χ3v) is 3.99. The predicted octanol–water partition coefficient (Wildman–Crippen LogP) is 1.82. The number of benzene rings is 1. The number of nitrogens with zero attached hydrogens (tertiary/aromatic N) is 4. The van der Waals surface area contributed by atoms with E-state index in [1.54, 1.807) is 4.80 Å². The number of carbonyl (C=O) groups is 2. The van der Waals surface area contributed by atoms with Crippen molar-refractivity contribution in [2.45, 2.75) is 38.1 Å². The van der Waals surface area contributed by atoms with Gasteiger partial charge in [0, 0.05) is 0 Å². The minimum atomic E-state index is -1.33. The standard InChI is InChI=1S/C15H18N4O.CH3NO2/c20-11-14(13-8-4-5-9-13)15-16-18-19(17-15)10-12-6-2-1-3-7-12;2-1(3)4/h1-3,6-7,11,13-14H,4-5,8-10H2;2H2,(H,3,4). The third-order valence-electron chi connectivity index (χ3n) is 3.99. The Kier molecular flexibility index (Phi) is 6.41. The van der Waals surface area contributed by atoms with Gasteiger partial charge in [-0.2, -0.15) is 4.80 Å². The van der Waals surface area contributed by atoms with Gasteiger partial charge in [0.25, 0.3) is 0 Å². The van der Waals surface area contributed by atoms with E-state index in [4.69, 9.17) is 9.90 Å². The molecule has 0 spiro atoms. The topological polar surface area (TPSA) is 124 Å². The highest BCUT2D eigenvalue weighted by Gasteiger charge is 2.29. The average molecular weight is 331 g/mol. The van der Waals surface area contributed by atoms with Gasteiger partial charge in [0.2, 0.25) is 0 Å². The highest BCUT2D eigenvalue weighted by atomic mass is 16.4. The largest absolute Gasteiger partial charge is 0.465 e. The van der Waals surface area contributed by atoms with E-state index in [0.717, 1.165) is 24.7 Å². The summed E-state index contributed by atoms with van der Waals surface area (Å²) in [5, 5.41) is 19.7. The summed E-state index contributed by atoms with van der Waals surface area (Å²) >= 11 is 0.